The van der Waals surface area contributed by atoms with Crippen LogP contribution in [0.15, 0.2) is 0 Å². The second-order valence-electron chi connectivity index (χ2n) is 7.19. The van der Waals surface area contributed by atoms with Crippen molar-refractivity contribution in [1.29, 1.82) is 0 Å². The number of aliphatic hydroxyl groups excluding tert-OH is 1. The number of hydrogen-bond donors (Lipinski definition) is 3. The van der Waals surface area contributed by atoms with E-state index in [2.05, 4.69) is 37.9 Å². The third-order valence-corrected chi connectivity index (χ3v) is 4.57. The Bertz CT molecular complexity index is 290. The van der Waals surface area contributed by atoms with E-state index in [4.69, 9.17) is 15.0 Å². The SMILES string of the molecule is CC.CC.CC.CCC=O.CCCCCCCC(C)C(CC)N(C)CO.CCCCNC.O=CO. The topological polar surface area (TPSA) is 89.9 Å². The minimum Gasteiger partial charge on any atom is -0.483 e. The van der Waals surface area contributed by atoms with Crippen LogP contribution in [-0.2, 0) is 9.59 Å². The maximum absolute atomic E-state index is 9.17. The fourth-order valence-electron chi connectivity index (χ4n) is 2.87. The van der Waals surface area contributed by atoms with Gasteiger partial charge in [-0.3, -0.25) is 9.69 Å². The van der Waals surface area contributed by atoms with Gasteiger partial charge < -0.3 is 20.3 Å². The highest BCUT2D eigenvalue weighted by atomic mass is 16.3. The van der Waals surface area contributed by atoms with Crippen molar-refractivity contribution in [2.75, 3.05) is 27.4 Å². The molecule has 0 saturated heterocycles. The third kappa shape index (κ3) is 65.5. The summed E-state index contributed by atoms with van der Waals surface area (Å²) >= 11 is 0. The summed E-state index contributed by atoms with van der Waals surface area (Å²) in [5, 5.41) is 19.1. The number of carbonyl (C=O) groups excluding carboxylic acids is 1. The maximum atomic E-state index is 9.17. The fourth-order valence-corrected chi connectivity index (χ4v) is 2.87. The fraction of sp³-hybridized carbons (Fsp3) is 0.931. The number of nitrogens with zero attached hydrogens (tertiary/aromatic N) is 1. The van der Waals surface area contributed by atoms with Gasteiger partial charge in [0.2, 0.25) is 0 Å². The largest absolute Gasteiger partial charge is 0.483 e. The van der Waals surface area contributed by atoms with Crippen LogP contribution in [-0.4, -0.2) is 61.3 Å². The van der Waals surface area contributed by atoms with Crippen molar-refractivity contribution in [1.82, 2.24) is 10.2 Å². The lowest BCUT2D eigenvalue weighted by Gasteiger charge is -2.30. The summed E-state index contributed by atoms with van der Waals surface area (Å²) in [7, 11) is 4.00. The smallest absolute Gasteiger partial charge is 0.290 e. The molecular formula is C29H70N2O4. The molecule has 35 heavy (non-hydrogen) atoms. The van der Waals surface area contributed by atoms with E-state index in [9.17, 15) is 4.79 Å². The van der Waals surface area contributed by atoms with Gasteiger partial charge in [-0.1, -0.05) is 115 Å². The Kier molecular flexibility index (Phi) is 92.7. The maximum Gasteiger partial charge on any atom is 0.290 e. The first-order chi connectivity index (χ1) is 16.9. The molecule has 0 aromatic heterocycles. The van der Waals surface area contributed by atoms with E-state index < -0.39 is 0 Å². The molecule has 6 nitrogen and oxygen atoms in total. The van der Waals surface area contributed by atoms with Crippen LogP contribution in [0.5, 0.6) is 0 Å². The van der Waals surface area contributed by atoms with E-state index in [-0.39, 0.29) is 13.2 Å². The van der Waals surface area contributed by atoms with Gasteiger partial charge in [-0.25, -0.2) is 0 Å². The number of nitrogens with one attached hydrogen (secondary N) is 1. The standard InChI is InChI=1S/C14H31NO.C5H13N.C3H6O.3C2H6.CH2O2/c1-5-7-8-9-10-11-13(3)14(6-2)15(4)12-16;1-3-4-5-6-2;1-2-3-4;3*1-2;2-1-3/h13-14,16H,5-12H2,1-4H3;6H,3-5H2,1-2H3;3H,2H2,1H3;3*1-2H3;1H,(H,2,3). The summed E-state index contributed by atoms with van der Waals surface area (Å²) in [6.45, 7) is 23.9. The van der Waals surface area contributed by atoms with Crippen molar-refractivity contribution in [3.8, 4) is 0 Å². The van der Waals surface area contributed by atoms with Crippen molar-refractivity contribution < 1.29 is 19.8 Å². The first-order valence-electron chi connectivity index (χ1n) is 14.4. The number of aldehydes is 1. The summed E-state index contributed by atoms with van der Waals surface area (Å²) in [6.07, 6.45) is 13.3. The molecule has 0 fully saturated rings. The number of carbonyl (C=O) groups is 2. The van der Waals surface area contributed by atoms with Crippen LogP contribution in [0, 0.1) is 5.92 Å². The van der Waals surface area contributed by atoms with Crippen LogP contribution >= 0.6 is 0 Å². The Morgan fingerprint density at radius 3 is 1.49 bits per heavy atom. The van der Waals surface area contributed by atoms with E-state index in [0.29, 0.717) is 18.4 Å². The summed E-state index contributed by atoms with van der Waals surface area (Å²) in [5.41, 5.74) is 0. The number of carboxylic acid groups (broad SMARTS) is 1. The highest BCUT2D eigenvalue weighted by Gasteiger charge is 2.18. The van der Waals surface area contributed by atoms with Gasteiger partial charge in [-0.15, -0.1) is 0 Å². The van der Waals surface area contributed by atoms with Crippen LogP contribution in [0.2, 0.25) is 0 Å². The van der Waals surface area contributed by atoms with Gasteiger partial charge in [0.1, 0.15) is 6.29 Å². The average Bonchev–Trinajstić information content (AvgIpc) is 2.92. The Labute approximate surface area is 222 Å². The summed E-state index contributed by atoms with van der Waals surface area (Å²) in [5.74, 6) is 0.698. The van der Waals surface area contributed by atoms with E-state index in [1.54, 1.807) is 0 Å². The molecule has 0 aromatic rings. The van der Waals surface area contributed by atoms with Gasteiger partial charge in [0.25, 0.3) is 6.47 Å². The first kappa shape index (κ1) is 50.8. The predicted molar refractivity (Wildman–Crippen MR) is 159 cm³/mol. The zero-order valence-corrected chi connectivity index (χ0v) is 26.5. The Morgan fingerprint density at radius 2 is 1.23 bits per heavy atom. The highest BCUT2D eigenvalue weighted by molar-refractivity contribution is 5.48. The van der Waals surface area contributed by atoms with Gasteiger partial charge in [-0.2, -0.15) is 0 Å². The molecule has 220 valence electrons. The number of rotatable bonds is 14. The number of aliphatic hydroxyl groups is 1. The second-order valence-corrected chi connectivity index (χ2v) is 7.19. The summed E-state index contributed by atoms with van der Waals surface area (Å²) in [6, 6.07) is 0.538. The average molecular weight is 511 g/mol. The Morgan fingerprint density at radius 1 is 0.829 bits per heavy atom. The predicted octanol–water partition coefficient (Wildman–Crippen LogP) is 8.02. The van der Waals surface area contributed by atoms with Crippen molar-refractivity contribution in [2.24, 2.45) is 5.92 Å². The Hall–Kier alpha value is -0.980. The molecule has 0 saturated carbocycles. The van der Waals surface area contributed by atoms with Crippen LogP contribution in [0.25, 0.3) is 0 Å². The van der Waals surface area contributed by atoms with Crippen molar-refractivity contribution in [3.05, 3.63) is 0 Å². The van der Waals surface area contributed by atoms with E-state index >= 15 is 0 Å². The molecule has 0 spiro atoms. The van der Waals surface area contributed by atoms with Gasteiger partial charge in [0.05, 0.1) is 6.73 Å². The number of unbranched alkanes of at least 4 members (excludes halogenated alkanes) is 5. The molecule has 0 aromatic carbocycles. The van der Waals surface area contributed by atoms with Gasteiger partial charge in [0, 0.05) is 12.5 Å². The van der Waals surface area contributed by atoms with Crippen LogP contribution < -0.4 is 5.32 Å². The molecule has 0 rings (SSSR count). The molecule has 2 atom stereocenters. The molecule has 2 unspecified atom stereocenters. The van der Waals surface area contributed by atoms with Gasteiger partial charge in [-0.05, 0) is 45.8 Å². The summed E-state index contributed by atoms with van der Waals surface area (Å²) < 4.78 is 0. The molecule has 6 heteroatoms. The van der Waals surface area contributed by atoms with Crippen LogP contribution in [0.1, 0.15) is 140 Å². The first-order valence-corrected chi connectivity index (χ1v) is 14.4. The van der Waals surface area contributed by atoms with E-state index in [0.717, 1.165) is 19.3 Å². The molecule has 0 radical (unpaired) electrons. The second kappa shape index (κ2) is 63.9. The molecular weight excluding hydrogens is 440 g/mol. The molecule has 0 aliphatic carbocycles. The van der Waals surface area contributed by atoms with Crippen molar-refractivity contribution in [3.63, 3.8) is 0 Å². The van der Waals surface area contributed by atoms with E-state index in [1.165, 1.54) is 51.4 Å². The van der Waals surface area contributed by atoms with Gasteiger partial charge >= 0.3 is 0 Å². The molecule has 0 aliphatic rings. The quantitative estimate of drug-likeness (QED) is 0.124. The minimum atomic E-state index is -0.250. The van der Waals surface area contributed by atoms with Gasteiger partial charge in [0.15, 0.2) is 0 Å². The zero-order chi connectivity index (χ0) is 29.3. The normalized spacial score (nSPS) is 10.1. The molecule has 3 N–H and O–H groups in total. The minimum absolute atomic E-state index is 0.179. The zero-order valence-electron chi connectivity index (χ0n) is 26.5. The Balaban J connectivity index is -0.0000000679. The highest BCUT2D eigenvalue weighted by Crippen LogP contribution is 2.19. The monoisotopic (exact) mass is 511 g/mol. The number of hydrogen-bond acceptors (Lipinski definition) is 5. The lowest BCUT2D eigenvalue weighted by Crippen LogP contribution is -2.37. The summed E-state index contributed by atoms with van der Waals surface area (Å²) in [4.78, 5) is 19.6. The molecule has 0 bridgehead atoms. The van der Waals surface area contributed by atoms with Crippen molar-refractivity contribution in [2.45, 2.75) is 146 Å². The molecule has 0 heterocycles. The van der Waals surface area contributed by atoms with Crippen LogP contribution in [0.3, 0.4) is 0 Å². The van der Waals surface area contributed by atoms with Crippen molar-refractivity contribution >= 4 is 12.8 Å². The molecule has 0 aliphatic heterocycles. The van der Waals surface area contributed by atoms with E-state index in [1.807, 2.05) is 62.6 Å². The lowest BCUT2D eigenvalue weighted by molar-refractivity contribution is -0.122. The van der Waals surface area contributed by atoms with Crippen LogP contribution in [0.4, 0.5) is 0 Å². The molecule has 0 amide bonds. The lowest BCUT2D eigenvalue weighted by atomic mass is 9.92. The third-order valence-electron chi connectivity index (χ3n) is 4.57.